The van der Waals surface area contributed by atoms with Crippen molar-refractivity contribution in [2.45, 2.75) is 84.9 Å². The predicted octanol–water partition coefficient (Wildman–Crippen LogP) is 5.18. The average molecular weight is 613 g/mol. The number of nitrogens with one attached hydrogen (secondary N) is 2. The summed E-state index contributed by atoms with van der Waals surface area (Å²) in [4.78, 5) is 50.6. The molecule has 0 bridgehead atoms. The summed E-state index contributed by atoms with van der Waals surface area (Å²) >= 11 is 0.933. The third kappa shape index (κ3) is 11.0. The molecule has 1 fully saturated rings. The van der Waals surface area contributed by atoms with Crippen LogP contribution < -0.4 is 15.6 Å². The van der Waals surface area contributed by atoms with Crippen LogP contribution in [0, 0.1) is 11.7 Å². The van der Waals surface area contributed by atoms with Crippen molar-refractivity contribution in [3.05, 3.63) is 29.6 Å². The van der Waals surface area contributed by atoms with Gasteiger partial charge in [0.1, 0.15) is 33.4 Å². The molecule has 12 nitrogen and oxygen atoms in total. The van der Waals surface area contributed by atoms with E-state index in [9.17, 15) is 19.2 Å². The molecule has 2 atom stereocenters. The first-order valence-electron chi connectivity index (χ1n) is 13.5. The number of nitrogens with zero attached hydrogens (tertiary/aromatic N) is 2. The second kappa shape index (κ2) is 14.6. The largest absolute Gasteiger partial charge is 0.465 e. The second-order valence-corrected chi connectivity index (χ2v) is 12.9. The highest BCUT2D eigenvalue weighted by atomic mass is 32.2. The van der Waals surface area contributed by atoms with Crippen LogP contribution in [0.4, 0.5) is 24.5 Å². The van der Waals surface area contributed by atoms with E-state index >= 15 is 4.39 Å². The quantitative estimate of drug-likeness (QED) is 0.127. The molecule has 0 radical (unpaired) electrons. The zero-order valence-corrected chi connectivity index (χ0v) is 26.3. The van der Waals surface area contributed by atoms with E-state index in [-0.39, 0.29) is 41.9 Å². The number of alkyl carbamates (subject to hydrolysis) is 1. The number of carbonyl (C=O) groups is 4. The van der Waals surface area contributed by atoms with Crippen LogP contribution >= 0.6 is 11.8 Å². The molecule has 1 unspecified atom stereocenters. The Morgan fingerprint density at radius 2 is 1.74 bits per heavy atom. The monoisotopic (exact) mass is 612 g/mol. The van der Waals surface area contributed by atoms with Gasteiger partial charge in [-0.2, -0.15) is 5.10 Å². The number of anilines is 1. The molecule has 1 saturated heterocycles. The van der Waals surface area contributed by atoms with Crippen LogP contribution in [0.2, 0.25) is 0 Å². The van der Waals surface area contributed by atoms with E-state index in [1.807, 2.05) is 0 Å². The number of esters is 1. The molecular weight excluding hydrogens is 571 g/mol. The molecule has 1 heterocycles. The zero-order chi connectivity index (χ0) is 31.8. The number of thioether (sulfide) groups is 1. The lowest BCUT2D eigenvalue weighted by atomic mass is 10.1. The van der Waals surface area contributed by atoms with Gasteiger partial charge >= 0.3 is 24.2 Å². The average Bonchev–Trinajstić information content (AvgIpc) is 3.21. The van der Waals surface area contributed by atoms with Crippen LogP contribution in [-0.4, -0.2) is 71.5 Å². The van der Waals surface area contributed by atoms with E-state index < -0.39 is 52.6 Å². The first-order valence-corrected chi connectivity index (χ1v) is 14.4. The molecule has 1 aliphatic rings. The summed E-state index contributed by atoms with van der Waals surface area (Å²) in [6.45, 7) is 15.7. The molecule has 2 N–H and O–H groups in total. The predicted molar refractivity (Wildman–Crippen MR) is 157 cm³/mol. The molecule has 3 amide bonds. The van der Waals surface area contributed by atoms with E-state index in [2.05, 4.69) is 15.8 Å². The molecule has 42 heavy (non-hydrogen) atoms. The van der Waals surface area contributed by atoms with Crippen molar-refractivity contribution in [3.8, 4) is 0 Å². The van der Waals surface area contributed by atoms with Gasteiger partial charge in [0.25, 0.3) is 0 Å². The Labute approximate surface area is 250 Å². The summed E-state index contributed by atoms with van der Waals surface area (Å²) in [5.41, 5.74) is 0.960. The number of benzene rings is 1. The van der Waals surface area contributed by atoms with Gasteiger partial charge in [0.2, 0.25) is 0 Å². The molecule has 1 aromatic rings. The molecular formula is C28H41FN4O8S. The van der Waals surface area contributed by atoms with Crippen molar-refractivity contribution in [2.75, 3.05) is 24.6 Å². The molecule has 0 aliphatic carbocycles. The van der Waals surface area contributed by atoms with Gasteiger partial charge in [-0.15, -0.1) is 0 Å². The van der Waals surface area contributed by atoms with Gasteiger partial charge < -0.3 is 24.3 Å². The summed E-state index contributed by atoms with van der Waals surface area (Å²) in [6.07, 6.45) is -2.91. The van der Waals surface area contributed by atoms with Gasteiger partial charge in [-0.05, 0) is 72.6 Å². The lowest BCUT2D eigenvalue weighted by Gasteiger charge is -2.21. The Morgan fingerprint density at radius 1 is 1.12 bits per heavy atom. The van der Waals surface area contributed by atoms with Crippen LogP contribution in [0.3, 0.4) is 0 Å². The number of hydrazone groups is 1. The highest BCUT2D eigenvalue weighted by molar-refractivity contribution is 8.15. The van der Waals surface area contributed by atoms with Crippen LogP contribution in [0.1, 0.15) is 67.9 Å². The number of hydrogen-bond acceptors (Lipinski definition) is 10. The summed E-state index contributed by atoms with van der Waals surface area (Å²) in [5.74, 6) is -1.49. The topological polar surface area (TPSA) is 145 Å². The summed E-state index contributed by atoms with van der Waals surface area (Å²) in [6, 6.07) is 4.00. The molecule has 234 valence electrons. The first-order chi connectivity index (χ1) is 19.4. The Bertz CT molecular complexity index is 1180. The molecule has 1 aromatic carbocycles. The van der Waals surface area contributed by atoms with E-state index in [1.54, 1.807) is 62.3 Å². The van der Waals surface area contributed by atoms with Crippen LogP contribution in [0.25, 0.3) is 0 Å². The summed E-state index contributed by atoms with van der Waals surface area (Å²) < 4.78 is 36.5. The maximum absolute atomic E-state index is 15.6. The maximum Gasteiger partial charge on any atom is 0.428 e. The van der Waals surface area contributed by atoms with Crippen molar-refractivity contribution < 1.29 is 42.5 Å². The fourth-order valence-electron chi connectivity index (χ4n) is 3.54. The third-order valence-corrected chi connectivity index (χ3v) is 6.78. The fourth-order valence-corrected chi connectivity index (χ4v) is 4.61. The van der Waals surface area contributed by atoms with Gasteiger partial charge in [-0.25, -0.2) is 24.2 Å². The number of amides is 3. The van der Waals surface area contributed by atoms with E-state index in [0.29, 0.717) is 0 Å². The highest BCUT2D eigenvalue weighted by Gasteiger charge is 2.34. The van der Waals surface area contributed by atoms with Crippen LogP contribution in [0.15, 0.2) is 23.3 Å². The zero-order valence-electron chi connectivity index (χ0n) is 25.5. The normalized spacial score (nSPS) is 16.5. The molecule has 14 heteroatoms. The smallest absolute Gasteiger partial charge is 0.428 e. The van der Waals surface area contributed by atoms with Gasteiger partial charge in [0.05, 0.1) is 25.4 Å². The lowest BCUT2D eigenvalue weighted by Crippen LogP contribution is -2.38. The molecule has 1 aliphatic heterocycles. The Kier molecular flexibility index (Phi) is 12.0. The van der Waals surface area contributed by atoms with Crippen molar-refractivity contribution in [1.82, 2.24) is 10.7 Å². The summed E-state index contributed by atoms with van der Waals surface area (Å²) in [5, 5.41) is 5.87. The second-order valence-electron chi connectivity index (χ2n) is 11.7. The van der Waals surface area contributed by atoms with E-state index in [4.69, 9.17) is 18.9 Å². The molecule has 0 saturated carbocycles. The minimum absolute atomic E-state index is 0.0000907. The van der Waals surface area contributed by atoms with Crippen LogP contribution in [0.5, 0.6) is 0 Å². The standard InChI is InChI=1S/C28H41FN4O8S/c1-10-38-23(34)21(16(2)3)42-22(31-32-25(36)41-28(7,8)9)19-12-11-17(13-20(19)29)33-15-18(39-26(33)37)14-30-24(35)40-27(4,5)6/h11-13,16,18,21H,10,14-15H2,1-9H3,(H,30,35)(H,32,36)/t18-,21?/m1/s1. The third-order valence-electron chi connectivity index (χ3n) is 5.25. The fraction of sp³-hybridized carbons (Fsp3) is 0.607. The number of carbonyl (C=O) groups excluding carboxylic acids is 4. The minimum Gasteiger partial charge on any atom is -0.465 e. The van der Waals surface area contributed by atoms with Gasteiger partial charge in [-0.3, -0.25) is 9.69 Å². The number of cyclic esters (lactones) is 1. The van der Waals surface area contributed by atoms with E-state index in [0.717, 1.165) is 17.8 Å². The number of hydrogen-bond donors (Lipinski definition) is 2. The Morgan fingerprint density at radius 3 is 2.29 bits per heavy atom. The van der Waals surface area contributed by atoms with Crippen molar-refractivity contribution >= 4 is 46.7 Å². The van der Waals surface area contributed by atoms with Crippen molar-refractivity contribution in [1.29, 1.82) is 0 Å². The van der Waals surface area contributed by atoms with E-state index in [1.165, 1.54) is 17.0 Å². The van der Waals surface area contributed by atoms with Crippen molar-refractivity contribution in [3.63, 3.8) is 0 Å². The van der Waals surface area contributed by atoms with Gasteiger partial charge in [0.15, 0.2) is 0 Å². The first kappa shape index (κ1) is 34.7. The number of ether oxygens (including phenoxy) is 4. The number of rotatable bonds is 9. The SMILES string of the molecule is CCOC(=O)C(SC(=NNC(=O)OC(C)(C)C)c1ccc(N2C[C@@H](CNC(=O)OC(C)(C)C)OC2=O)cc1F)C(C)C. The molecule has 0 aromatic heterocycles. The number of halogens is 1. The maximum atomic E-state index is 15.6. The van der Waals surface area contributed by atoms with Crippen LogP contribution in [-0.2, 0) is 23.7 Å². The van der Waals surface area contributed by atoms with Gasteiger partial charge in [-0.1, -0.05) is 25.6 Å². The molecule has 0 spiro atoms. The minimum atomic E-state index is -0.860. The summed E-state index contributed by atoms with van der Waals surface area (Å²) in [7, 11) is 0. The Balaban J connectivity index is 2.28. The Hall–Kier alpha value is -3.55. The highest BCUT2D eigenvalue weighted by Crippen LogP contribution is 2.30. The molecule has 2 rings (SSSR count). The van der Waals surface area contributed by atoms with Crippen molar-refractivity contribution in [2.24, 2.45) is 11.0 Å². The lowest BCUT2D eigenvalue weighted by molar-refractivity contribution is -0.143. The van der Waals surface area contributed by atoms with Gasteiger partial charge in [0, 0.05) is 5.56 Å².